The van der Waals surface area contributed by atoms with E-state index in [-0.39, 0.29) is 11.4 Å². The molecule has 2 aliphatic heterocycles. The number of fused-ring (bicyclic) bond motifs is 3. The molecule has 2 N–H and O–H groups in total. The van der Waals surface area contributed by atoms with Crippen molar-refractivity contribution in [2.75, 3.05) is 61.4 Å². The van der Waals surface area contributed by atoms with E-state index in [1.807, 2.05) is 0 Å². The number of halogens is 3. The molecule has 0 unspecified atom stereocenters. The van der Waals surface area contributed by atoms with Gasteiger partial charge in [-0.2, -0.15) is 10.2 Å². The van der Waals surface area contributed by atoms with Crippen molar-refractivity contribution in [3.63, 3.8) is 0 Å². The highest BCUT2D eigenvalue weighted by molar-refractivity contribution is 6.32. The second-order valence-electron chi connectivity index (χ2n) is 9.03. The maximum absolute atomic E-state index is 14.0. The van der Waals surface area contributed by atoms with Crippen LogP contribution in [0, 0.1) is 11.3 Å². The van der Waals surface area contributed by atoms with Gasteiger partial charge in [0.05, 0.1) is 30.0 Å². The molecular formula is C24H25ClF2N8O2. The van der Waals surface area contributed by atoms with Crippen LogP contribution in [0.2, 0.25) is 5.02 Å². The lowest BCUT2D eigenvalue weighted by atomic mass is 10.1. The van der Waals surface area contributed by atoms with Crippen LogP contribution in [-0.2, 0) is 7.05 Å². The van der Waals surface area contributed by atoms with E-state index in [2.05, 4.69) is 36.5 Å². The highest BCUT2D eigenvalue weighted by Crippen LogP contribution is 2.36. The van der Waals surface area contributed by atoms with Crippen molar-refractivity contribution in [2.24, 2.45) is 7.05 Å². The Morgan fingerprint density at radius 1 is 1.30 bits per heavy atom. The monoisotopic (exact) mass is 530 g/mol. The number of rotatable bonds is 5. The quantitative estimate of drug-likeness (QED) is 0.513. The lowest BCUT2D eigenvalue weighted by Gasteiger charge is -2.34. The zero-order chi connectivity index (χ0) is 26.2. The van der Waals surface area contributed by atoms with Gasteiger partial charge in [0.15, 0.2) is 12.4 Å². The molecule has 0 bridgehead atoms. The van der Waals surface area contributed by atoms with E-state index >= 15 is 0 Å². The van der Waals surface area contributed by atoms with E-state index in [1.165, 1.54) is 10.8 Å². The van der Waals surface area contributed by atoms with E-state index < -0.39 is 24.6 Å². The molecule has 37 heavy (non-hydrogen) atoms. The fourth-order valence-corrected chi connectivity index (χ4v) is 4.61. The topological polar surface area (TPSA) is 111 Å². The normalized spacial score (nSPS) is 17.3. The van der Waals surface area contributed by atoms with Gasteiger partial charge in [0.25, 0.3) is 11.5 Å². The zero-order valence-electron chi connectivity index (χ0n) is 20.1. The highest BCUT2D eigenvalue weighted by Gasteiger charge is 2.35. The molecular weight excluding hydrogens is 506 g/mol. The molecule has 13 heteroatoms. The average Bonchev–Trinajstić information content (AvgIpc) is 3.06. The molecule has 1 saturated heterocycles. The summed E-state index contributed by atoms with van der Waals surface area (Å²) < 4.78 is 34.6. The fraction of sp³-hybridized carbons (Fsp3) is 0.417. The molecule has 10 nitrogen and oxygen atoms in total. The minimum Gasteiger partial charge on any atom is -0.480 e. The molecule has 0 atom stereocenters. The first-order valence-electron chi connectivity index (χ1n) is 11.8. The van der Waals surface area contributed by atoms with Crippen molar-refractivity contribution in [2.45, 2.75) is 12.3 Å². The van der Waals surface area contributed by atoms with Gasteiger partial charge in [-0.05, 0) is 18.2 Å². The number of piperazine rings is 1. The van der Waals surface area contributed by atoms with Crippen molar-refractivity contribution in [1.82, 2.24) is 19.4 Å². The van der Waals surface area contributed by atoms with Crippen molar-refractivity contribution < 1.29 is 13.5 Å². The number of aromatic nitrogens is 3. The van der Waals surface area contributed by atoms with Gasteiger partial charge in [-0.3, -0.25) is 9.69 Å². The van der Waals surface area contributed by atoms with Crippen LogP contribution in [0.15, 0.2) is 29.2 Å². The molecule has 0 saturated carbocycles. The summed E-state index contributed by atoms with van der Waals surface area (Å²) in [7, 11) is 1.57. The molecule has 0 radical (unpaired) electrons. The number of hydrogen-bond donors (Lipinski definition) is 2. The standard InChI is InChI=1S/C24H25ClF2N8O2/c1-33-18-4-3-15(11-16(18)19-20(22(33)36)37-14-24(26,27)13-30-19)31-21-17(25)12-29-23(32-21)35-9-7-34(8-10-35)6-2-5-28/h3-4,11-12,30H,2,6-10,13-14H2,1H3,(H,29,31,32). The van der Waals surface area contributed by atoms with Gasteiger partial charge in [0, 0.05) is 57.3 Å². The third kappa shape index (κ3) is 5.10. The summed E-state index contributed by atoms with van der Waals surface area (Å²) >= 11 is 6.39. The molecule has 194 valence electrons. The van der Waals surface area contributed by atoms with Gasteiger partial charge >= 0.3 is 0 Å². The van der Waals surface area contributed by atoms with Crippen molar-refractivity contribution in [3.8, 4) is 11.8 Å². The Labute approximate surface area is 216 Å². The van der Waals surface area contributed by atoms with Crippen LogP contribution in [0.25, 0.3) is 10.9 Å². The summed E-state index contributed by atoms with van der Waals surface area (Å²) in [6.07, 6.45) is 2.03. The molecule has 2 aromatic heterocycles. The Balaban J connectivity index is 1.42. The Kier molecular flexibility index (Phi) is 6.74. The maximum atomic E-state index is 14.0. The van der Waals surface area contributed by atoms with Crippen LogP contribution in [0.5, 0.6) is 5.75 Å². The van der Waals surface area contributed by atoms with Crippen molar-refractivity contribution in [3.05, 3.63) is 39.8 Å². The maximum Gasteiger partial charge on any atom is 0.298 e. The van der Waals surface area contributed by atoms with Gasteiger partial charge in [-0.15, -0.1) is 0 Å². The molecule has 0 amide bonds. The Morgan fingerprint density at radius 2 is 2.08 bits per heavy atom. The molecule has 1 fully saturated rings. The van der Waals surface area contributed by atoms with Gasteiger partial charge in [-0.1, -0.05) is 11.6 Å². The van der Waals surface area contributed by atoms with Crippen LogP contribution in [-0.4, -0.2) is 71.2 Å². The van der Waals surface area contributed by atoms with E-state index in [9.17, 15) is 13.6 Å². The fourth-order valence-electron chi connectivity index (χ4n) is 4.47. The molecule has 1 aromatic carbocycles. The molecule has 0 spiro atoms. The van der Waals surface area contributed by atoms with Gasteiger partial charge < -0.3 is 24.8 Å². The largest absolute Gasteiger partial charge is 0.480 e. The number of hydrogen-bond acceptors (Lipinski definition) is 9. The van der Waals surface area contributed by atoms with Crippen LogP contribution in [0.4, 0.5) is 31.9 Å². The first-order chi connectivity index (χ1) is 17.8. The molecule has 2 aliphatic rings. The lowest BCUT2D eigenvalue weighted by molar-refractivity contribution is -0.0251. The molecule has 5 rings (SSSR count). The Hall–Kier alpha value is -3.69. The predicted molar refractivity (Wildman–Crippen MR) is 137 cm³/mol. The summed E-state index contributed by atoms with van der Waals surface area (Å²) in [6, 6.07) is 7.39. The summed E-state index contributed by atoms with van der Waals surface area (Å²) in [5.41, 5.74) is 0.880. The van der Waals surface area contributed by atoms with E-state index in [1.54, 1.807) is 25.2 Å². The second kappa shape index (κ2) is 9.99. The SMILES string of the molecule is Cn1c(=O)c2c(c3cc(Nc4nc(N5CCN(CCC#N)CC5)ncc4Cl)ccc31)NCC(F)(F)CO2. The van der Waals surface area contributed by atoms with E-state index in [0.717, 1.165) is 32.7 Å². The van der Waals surface area contributed by atoms with E-state index in [0.29, 0.717) is 39.8 Å². The summed E-state index contributed by atoms with van der Waals surface area (Å²) in [5, 5.41) is 15.5. The number of alkyl halides is 2. The smallest absolute Gasteiger partial charge is 0.298 e. The molecule has 4 heterocycles. The number of benzene rings is 1. The highest BCUT2D eigenvalue weighted by atomic mass is 35.5. The lowest BCUT2D eigenvalue weighted by Crippen LogP contribution is -2.47. The first kappa shape index (κ1) is 25.0. The summed E-state index contributed by atoms with van der Waals surface area (Å²) in [4.78, 5) is 26.0. The summed E-state index contributed by atoms with van der Waals surface area (Å²) in [6.45, 7) is 2.27. The van der Waals surface area contributed by atoms with Gasteiger partial charge in [0.1, 0.15) is 5.02 Å². The zero-order valence-corrected chi connectivity index (χ0v) is 20.9. The average molecular weight is 531 g/mol. The Morgan fingerprint density at radius 3 is 2.84 bits per heavy atom. The van der Waals surface area contributed by atoms with Crippen molar-refractivity contribution in [1.29, 1.82) is 5.26 Å². The number of nitriles is 1. The third-order valence-corrected chi connectivity index (χ3v) is 6.77. The third-order valence-electron chi connectivity index (χ3n) is 6.49. The minimum absolute atomic E-state index is 0.138. The molecule has 0 aliphatic carbocycles. The number of aryl methyl sites for hydroxylation is 1. The first-order valence-corrected chi connectivity index (χ1v) is 12.2. The summed E-state index contributed by atoms with van der Waals surface area (Å²) in [5.74, 6) is -2.33. The minimum atomic E-state index is -3.11. The van der Waals surface area contributed by atoms with Crippen LogP contribution >= 0.6 is 11.6 Å². The van der Waals surface area contributed by atoms with Crippen LogP contribution in [0.3, 0.4) is 0 Å². The van der Waals surface area contributed by atoms with Crippen molar-refractivity contribution >= 4 is 45.6 Å². The van der Waals surface area contributed by atoms with E-state index in [4.69, 9.17) is 21.6 Å². The number of ether oxygens (including phenoxy) is 1. The van der Waals surface area contributed by atoms with Gasteiger partial charge in [0.2, 0.25) is 11.7 Å². The predicted octanol–water partition coefficient (Wildman–Crippen LogP) is 3.20. The molecule has 3 aromatic rings. The Bertz CT molecular complexity index is 1430. The number of nitrogens with zero attached hydrogens (tertiary/aromatic N) is 6. The number of nitrogens with one attached hydrogen (secondary N) is 2. The van der Waals surface area contributed by atoms with Crippen LogP contribution < -0.4 is 25.8 Å². The van der Waals surface area contributed by atoms with Crippen LogP contribution in [0.1, 0.15) is 6.42 Å². The number of pyridine rings is 1. The second-order valence-corrected chi connectivity index (χ2v) is 9.43. The number of anilines is 4. The van der Waals surface area contributed by atoms with Gasteiger partial charge in [-0.25, -0.2) is 13.8 Å².